The van der Waals surface area contributed by atoms with Crippen LogP contribution >= 0.6 is 15.9 Å². The molecule has 0 spiro atoms. The zero-order valence-corrected chi connectivity index (χ0v) is 8.89. The molecule has 0 amide bonds. The molecule has 2 rings (SSSR count). The van der Waals surface area contributed by atoms with Crippen molar-refractivity contribution >= 4 is 15.9 Å². The van der Waals surface area contributed by atoms with Crippen LogP contribution < -0.4 is 0 Å². The van der Waals surface area contributed by atoms with Gasteiger partial charge >= 0.3 is 0 Å². The number of aryl methyl sites for hydroxylation is 1. The molecule has 3 heteroatoms. The van der Waals surface area contributed by atoms with Crippen LogP contribution in [-0.4, -0.2) is 9.55 Å². The lowest BCUT2D eigenvalue weighted by molar-refractivity contribution is 0.521. The largest absolute Gasteiger partial charge is 0.332 e. The fourth-order valence-electron chi connectivity index (χ4n) is 1.92. The van der Waals surface area contributed by atoms with Gasteiger partial charge in [0.05, 0.1) is 5.69 Å². The van der Waals surface area contributed by atoms with E-state index in [1.165, 1.54) is 43.0 Å². The third-order valence-corrected chi connectivity index (χ3v) is 3.05. The van der Waals surface area contributed by atoms with Crippen molar-refractivity contribution in [3.05, 3.63) is 17.2 Å². The van der Waals surface area contributed by atoms with Gasteiger partial charge in [-0.15, -0.1) is 0 Å². The lowest BCUT2D eigenvalue weighted by atomic mass is 10.1. The van der Waals surface area contributed by atoms with Gasteiger partial charge < -0.3 is 4.57 Å². The molecule has 12 heavy (non-hydrogen) atoms. The monoisotopic (exact) mass is 228 g/mol. The minimum Gasteiger partial charge on any atom is -0.332 e. The molecule has 1 aliphatic rings. The first kappa shape index (κ1) is 8.30. The average Bonchev–Trinajstić information content (AvgIpc) is 2.44. The molecular weight excluding hydrogens is 216 g/mol. The molecule has 0 aliphatic carbocycles. The summed E-state index contributed by atoms with van der Waals surface area (Å²) >= 11 is 3.47. The quantitative estimate of drug-likeness (QED) is 0.676. The second-order valence-corrected chi connectivity index (χ2v) is 3.86. The molecule has 0 saturated heterocycles. The minimum atomic E-state index is 0.899. The number of alkyl halides is 1. The van der Waals surface area contributed by atoms with Crippen molar-refractivity contribution in [2.75, 3.05) is 0 Å². The molecule has 1 aromatic rings. The lowest BCUT2D eigenvalue weighted by Gasteiger charge is -2.15. The van der Waals surface area contributed by atoms with E-state index in [2.05, 4.69) is 32.4 Å². The van der Waals surface area contributed by atoms with Crippen LogP contribution in [0.25, 0.3) is 0 Å². The third kappa shape index (κ3) is 1.20. The summed E-state index contributed by atoms with van der Waals surface area (Å²) in [5, 5.41) is 0.899. The van der Waals surface area contributed by atoms with Crippen molar-refractivity contribution < 1.29 is 0 Å². The Balaban J connectivity index is 2.47. The predicted molar refractivity (Wildman–Crippen MR) is 52.5 cm³/mol. The van der Waals surface area contributed by atoms with Gasteiger partial charge in [0.2, 0.25) is 0 Å². The molecule has 0 atom stereocenters. The highest BCUT2D eigenvalue weighted by Crippen LogP contribution is 2.21. The van der Waals surface area contributed by atoms with E-state index >= 15 is 0 Å². The van der Waals surface area contributed by atoms with Crippen LogP contribution in [0.5, 0.6) is 0 Å². The van der Waals surface area contributed by atoms with Gasteiger partial charge in [-0.25, -0.2) is 4.98 Å². The normalized spacial score (nSPS) is 16.2. The summed E-state index contributed by atoms with van der Waals surface area (Å²) in [4.78, 5) is 4.53. The van der Waals surface area contributed by atoms with Crippen LogP contribution in [0, 0.1) is 6.92 Å². The molecule has 1 aliphatic heterocycles. The van der Waals surface area contributed by atoms with Crippen LogP contribution in [-0.2, 0) is 18.3 Å². The number of rotatable bonds is 1. The summed E-state index contributed by atoms with van der Waals surface area (Å²) in [5.74, 6) is 1.18. The lowest BCUT2D eigenvalue weighted by Crippen LogP contribution is -2.11. The summed E-state index contributed by atoms with van der Waals surface area (Å²) in [6.07, 6.45) is 3.85. The Morgan fingerprint density at radius 2 is 2.33 bits per heavy atom. The van der Waals surface area contributed by atoms with Crippen molar-refractivity contribution in [2.24, 2.45) is 0 Å². The summed E-state index contributed by atoms with van der Waals surface area (Å²) in [7, 11) is 0. The van der Waals surface area contributed by atoms with E-state index in [0.717, 1.165) is 5.33 Å². The van der Waals surface area contributed by atoms with E-state index in [0.29, 0.717) is 0 Å². The maximum atomic E-state index is 4.53. The van der Waals surface area contributed by atoms with Gasteiger partial charge in [-0.1, -0.05) is 15.9 Å². The van der Waals surface area contributed by atoms with Crippen molar-refractivity contribution in [1.82, 2.24) is 9.55 Å². The maximum Gasteiger partial charge on any atom is 0.106 e. The number of nitrogens with zero attached hydrogens (tertiary/aromatic N) is 2. The topological polar surface area (TPSA) is 17.8 Å². The van der Waals surface area contributed by atoms with Crippen LogP contribution in [0.2, 0.25) is 0 Å². The number of imidazole rings is 1. The molecule has 66 valence electrons. The number of aromatic nitrogens is 2. The molecule has 0 aromatic carbocycles. The Morgan fingerprint density at radius 1 is 1.50 bits per heavy atom. The number of halogens is 1. The zero-order valence-electron chi connectivity index (χ0n) is 7.31. The molecule has 2 heterocycles. The standard InChI is InChI=1S/C9H13BrN2/c1-7-11-8(6-10)9-4-2-3-5-12(7)9/h2-6H2,1H3. The Bertz CT molecular complexity index is 291. The fraction of sp³-hybridized carbons (Fsp3) is 0.667. The summed E-state index contributed by atoms with van der Waals surface area (Å²) in [6.45, 7) is 3.27. The Labute approximate surface area is 81.1 Å². The second-order valence-electron chi connectivity index (χ2n) is 3.29. The fourth-order valence-corrected chi connectivity index (χ4v) is 2.37. The van der Waals surface area contributed by atoms with E-state index in [1.54, 1.807) is 0 Å². The van der Waals surface area contributed by atoms with Gasteiger partial charge in [-0.05, 0) is 26.2 Å². The highest BCUT2D eigenvalue weighted by atomic mass is 79.9. The van der Waals surface area contributed by atoms with Gasteiger partial charge in [0.1, 0.15) is 5.82 Å². The van der Waals surface area contributed by atoms with Gasteiger partial charge in [0.25, 0.3) is 0 Å². The van der Waals surface area contributed by atoms with E-state index < -0.39 is 0 Å². The summed E-state index contributed by atoms with van der Waals surface area (Å²) in [6, 6.07) is 0. The van der Waals surface area contributed by atoms with Gasteiger partial charge in [0.15, 0.2) is 0 Å². The molecule has 0 N–H and O–H groups in total. The summed E-state index contributed by atoms with van der Waals surface area (Å²) < 4.78 is 2.36. The van der Waals surface area contributed by atoms with Crippen LogP contribution in [0.1, 0.15) is 30.1 Å². The van der Waals surface area contributed by atoms with Crippen molar-refractivity contribution in [3.8, 4) is 0 Å². The molecule has 0 radical (unpaired) electrons. The van der Waals surface area contributed by atoms with Gasteiger partial charge in [-0.2, -0.15) is 0 Å². The first-order chi connectivity index (χ1) is 5.83. The van der Waals surface area contributed by atoms with Crippen molar-refractivity contribution in [1.29, 1.82) is 0 Å². The second kappa shape index (κ2) is 3.21. The van der Waals surface area contributed by atoms with E-state index in [1.807, 2.05) is 0 Å². The number of hydrogen-bond acceptors (Lipinski definition) is 1. The number of fused-ring (bicyclic) bond motifs is 1. The summed E-state index contributed by atoms with van der Waals surface area (Å²) in [5.41, 5.74) is 2.70. The van der Waals surface area contributed by atoms with Crippen molar-refractivity contribution in [3.63, 3.8) is 0 Å². The highest BCUT2D eigenvalue weighted by molar-refractivity contribution is 9.08. The zero-order chi connectivity index (χ0) is 8.55. The molecule has 0 fully saturated rings. The predicted octanol–water partition coefficient (Wildman–Crippen LogP) is 2.42. The van der Waals surface area contributed by atoms with E-state index in [4.69, 9.17) is 0 Å². The van der Waals surface area contributed by atoms with E-state index in [-0.39, 0.29) is 0 Å². The first-order valence-electron chi connectivity index (χ1n) is 4.44. The van der Waals surface area contributed by atoms with Gasteiger partial charge in [0, 0.05) is 17.6 Å². The van der Waals surface area contributed by atoms with Gasteiger partial charge in [-0.3, -0.25) is 0 Å². The Morgan fingerprint density at radius 3 is 3.08 bits per heavy atom. The average molecular weight is 229 g/mol. The van der Waals surface area contributed by atoms with E-state index in [9.17, 15) is 0 Å². The molecule has 0 bridgehead atoms. The molecular formula is C9H13BrN2. The third-order valence-electron chi connectivity index (χ3n) is 2.52. The maximum absolute atomic E-state index is 4.53. The highest BCUT2D eigenvalue weighted by Gasteiger charge is 2.16. The number of hydrogen-bond donors (Lipinski definition) is 0. The molecule has 0 saturated carbocycles. The van der Waals surface area contributed by atoms with Crippen LogP contribution in [0.4, 0.5) is 0 Å². The smallest absolute Gasteiger partial charge is 0.106 e. The molecule has 0 unspecified atom stereocenters. The van der Waals surface area contributed by atoms with Crippen molar-refractivity contribution in [2.45, 2.75) is 38.1 Å². The molecule has 1 aromatic heterocycles. The van der Waals surface area contributed by atoms with Crippen LogP contribution in [0.15, 0.2) is 0 Å². The molecule has 2 nitrogen and oxygen atoms in total. The minimum absolute atomic E-state index is 0.899. The Hall–Kier alpha value is -0.310. The first-order valence-corrected chi connectivity index (χ1v) is 5.56. The Kier molecular flexibility index (Phi) is 2.22. The SMILES string of the molecule is Cc1nc(CBr)c2n1CCCC2. The van der Waals surface area contributed by atoms with Crippen LogP contribution in [0.3, 0.4) is 0 Å².